The molecule has 0 heterocycles. The first-order chi connectivity index (χ1) is 22.0. The third-order valence-corrected chi connectivity index (χ3v) is 8.19. The third kappa shape index (κ3) is 7.17. The van der Waals surface area contributed by atoms with E-state index in [0.29, 0.717) is 0 Å². The summed E-state index contributed by atoms with van der Waals surface area (Å²) in [5.41, 5.74) is 10.2. The first-order valence-corrected chi connectivity index (χ1v) is 15.4. The Labute approximate surface area is 267 Å². The summed E-state index contributed by atoms with van der Waals surface area (Å²) in [7, 11) is 0. The van der Waals surface area contributed by atoms with Gasteiger partial charge in [-0.15, -0.1) is 0 Å². The number of nitrogens with zero attached hydrogens (tertiary/aromatic N) is 1. The molecule has 1 N–H and O–H groups in total. The Bertz CT molecular complexity index is 1850. The molecule has 0 saturated heterocycles. The topological polar surface area (TPSA) is 24.5 Å². The molecule has 6 aromatic carbocycles. The summed E-state index contributed by atoms with van der Waals surface area (Å²) in [6, 6.07) is 54.4. The summed E-state index contributed by atoms with van der Waals surface area (Å²) in [6.45, 7) is 9.00. The van der Waals surface area contributed by atoms with Crippen molar-refractivity contribution in [3.05, 3.63) is 192 Å². The Morgan fingerprint density at radius 3 is 2.02 bits per heavy atom. The average molecular weight is 587 g/mol. The molecule has 0 fully saturated rings. The molecular formula is C42H38N2O. The van der Waals surface area contributed by atoms with E-state index in [1.54, 1.807) is 0 Å². The number of hydrogen-bond acceptors (Lipinski definition) is 3. The van der Waals surface area contributed by atoms with Crippen LogP contribution in [0.3, 0.4) is 0 Å². The smallest absolute Gasteiger partial charge is 0.150 e. The Hall–Kier alpha value is -5.54. The zero-order valence-corrected chi connectivity index (χ0v) is 25.9. The van der Waals surface area contributed by atoms with Crippen LogP contribution in [0.25, 0.3) is 5.70 Å². The minimum atomic E-state index is 0.0503. The van der Waals surface area contributed by atoms with Crippen molar-refractivity contribution in [2.45, 2.75) is 26.3 Å². The molecule has 0 bridgehead atoms. The molecule has 0 aliphatic heterocycles. The standard InChI is InChI=1S/C42H38N2O/c1-31-14-10-11-15-37(31)30-34-22-24-35(25-23-34)32(2)44(39-16-6-4-7-17-39)33(3)36-26-28-38(29-27-36)43-41-20-12-13-21-42(41)45-40-18-8-5-9-19-40/h4-29,33,43H,2,30H2,1,3H3. The van der Waals surface area contributed by atoms with Crippen LogP contribution >= 0.6 is 0 Å². The highest BCUT2D eigenvalue weighted by Crippen LogP contribution is 2.36. The van der Waals surface area contributed by atoms with Crippen LogP contribution in [0.1, 0.15) is 40.8 Å². The van der Waals surface area contributed by atoms with E-state index >= 15 is 0 Å². The second-order valence-electron chi connectivity index (χ2n) is 11.3. The van der Waals surface area contributed by atoms with Crippen molar-refractivity contribution in [3.8, 4) is 11.5 Å². The minimum absolute atomic E-state index is 0.0503. The fourth-order valence-electron chi connectivity index (χ4n) is 5.61. The summed E-state index contributed by atoms with van der Waals surface area (Å²) < 4.78 is 6.16. The number of ether oxygens (including phenoxy) is 1. The van der Waals surface area contributed by atoms with Crippen LogP contribution in [0.4, 0.5) is 17.1 Å². The van der Waals surface area contributed by atoms with Gasteiger partial charge in [0.2, 0.25) is 0 Å². The first kappa shape index (κ1) is 29.5. The fraction of sp³-hybridized carbons (Fsp3) is 0.0952. The monoisotopic (exact) mass is 586 g/mol. The van der Waals surface area contributed by atoms with E-state index < -0.39 is 0 Å². The van der Waals surface area contributed by atoms with Gasteiger partial charge in [0, 0.05) is 17.1 Å². The number of rotatable bonds is 11. The summed E-state index contributed by atoms with van der Waals surface area (Å²) in [4.78, 5) is 2.32. The summed E-state index contributed by atoms with van der Waals surface area (Å²) >= 11 is 0. The van der Waals surface area contributed by atoms with Crippen LogP contribution in [-0.2, 0) is 6.42 Å². The fourth-order valence-corrected chi connectivity index (χ4v) is 5.61. The molecule has 45 heavy (non-hydrogen) atoms. The SMILES string of the molecule is C=C(c1ccc(Cc2ccccc2C)cc1)N(c1ccccc1)C(C)c1ccc(Nc2ccccc2Oc2ccccc2)cc1. The minimum Gasteiger partial charge on any atom is -0.455 e. The van der Waals surface area contributed by atoms with Gasteiger partial charge in [-0.05, 0) is 96.6 Å². The van der Waals surface area contributed by atoms with Crippen LogP contribution in [0.5, 0.6) is 11.5 Å². The molecule has 6 aromatic rings. The van der Waals surface area contributed by atoms with Crippen LogP contribution in [0.2, 0.25) is 0 Å². The lowest BCUT2D eigenvalue weighted by atomic mass is 9.98. The van der Waals surface area contributed by atoms with E-state index in [4.69, 9.17) is 4.74 Å². The first-order valence-electron chi connectivity index (χ1n) is 15.4. The van der Waals surface area contributed by atoms with Crippen LogP contribution in [0, 0.1) is 6.92 Å². The van der Waals surface area contributed by atoms with Crippen molar-refractivity contribution in [2.75, 3.05) is 10.2 Å². The van der Waals surface area contributed by atoms with Gasteiger partial charge >= 0.3 is 0 Å². The molecule has 0 aliphatic carbocycles. The summed E-state index contributed by atoms with van der Waals surface area (Å²) in [6.07, 6.45) is 0.918. The van der Waals surface area contributed by atoms with Crippen molar-refractivity contribution >= 4 is 22.8 Å². The second kappa shape index (κ2) is 13.8. The van der Waals surface area contributed by atoms with E-state index in [-0.39, 0.29) is 6.04 Å². The second-order valence-corrected chi connectivity index (χ2v) is 11.3. The van der Waals surface area contributed by atoms with Gasteiger partial charge in [0.1, 0.15) is 5.75 Å². The quantitative estimate of drug-likeness (QED) is 0.163. The molecule has 0 amide bonds. The lowest BCUT2D eigenvalue weighted by molar-refractivity contribution is 0.485. The van der Waals surface area contributed by atoms with Crippen LogP contribution in [0.15, 0.2) is 164 Å². The largest absolute Gasteiger partial charge is 0.455 e. The third-order valence-electron chi connectivity index (χ3n) is 8.19. The van der Waals surface area contributed by atoms with Gasteiger partial charge in [0.05, 0.1) is 11.7 Å². The maximum atomic E-state index is 6.16. The molecule has 3 heteroatoms. The number of nitrogens with one attached hydrogen (secondary N) is 1. The van der Waals surface area contributed by atoms with E-state index in [2.05, 4.69) is 134 Å². The van der Waals surface area contributed by atoms with E-state index in [0.717, 1.165) is 46.2 Å². The van der Waals surface area contributed by atoms with Crippen molar-refractivity contribution in [1.82, 2.24) is 0 Å². The Balaban J connectivity index is 1.21. The highest BCUT2D eigenvalue weighted by atomic mass is 16.5. The molecule has 3 nitrogen and oxygen atoms in total. The molecule has 1 unspecified atom stereocenters. The van der Waals surface area contributed by atoms with Gasteiger partial charge in [-0.3, -0.25) is 0 Å². The maximum Gasteiger partial charge on any atom is 0.150 e. The molecule has 0 spiro atoms. The predicted molar refractivity (Wildman–Crippen MR) is 189 cm³/mol. The van der Waals surface area contributed by atoms with Gasteiger partial charge in [-0.2, -0.15) is 0 Å². The molecule has 0 aromatic heterocycles. The summed E-state index contributed by atoms with van der Waals surface area (Å²) in [5.74, 6) is 1.58. The molecule has 1 atom stereocenters. The Morgan fingerprint density at radius 2 is 1.31 bits per heavy atom. The van der Waals surface area contributed by atoms with Gasteiger partial charge in [0.15, 0.2) is 5.75 Å². The molecule has 0 radical (unpaired) electrons. The number of aryl methyl sites for hydroxylation is 1. The maximum absolute atomic E-state index is 6.16. The van der Waals surface area contributed by atoms with Crippen molar-refractivity contribution in [1.29, 1.82) is 0 Å². The Morgan fingerprint density at radius 1 is 0.689 bits per heavy atom. The molecule has 6 rings (SSSR count). The predicted octanol–water partition coefficient (Wildman–Crippen LogP) is 11.4. The van der Waals surface area contributed by atoms with E-state index in [1.165, 1.54) is 22.3 Å². The average Bonchev–Trinajstić information content (AvgIpc) is 3.08. The van der Waals surface area contributed by atoms with Gasteiger partial charge in [0.25, 0.3) is 0 Å². The molecular weight excluding hydrogens is 548 g/mol. The van der Waals surface area contributed by atoms with Gasteiger partial charge in [-0.25, -0.2) is 0 Å². The number of hydrogen-bond donors (Lipinski definition) is 1. The number of para-hydroxylation sites is 4. The normalized spacial score (nSPS) is 11.4. The van der Waals surface area contributed by atoms with Crippen LogP contribution < -0.4 is 15.0 Å². The van der Waals surface area contributed by atoms with Crippen molar-refractivity contribution in [3.63, 3.8) is 0 Å². The van der Waals surface area contributed by atoms with Gasteiger partial charge in [-0.1, -0.05) is 116 Å². The van der Waals surface area contributed by atoms with E-state index in [1.807, 2.05) is 54.6 Å². The molecule has 0 saturated carbocycles. The Kier molecular flexibility index (Phi) is 9.08. The van der Waals surface area contributed by atoms with E-state index in [9.17, 15) is 0 Å². The lowest BCUT2D eigenvalue weighted by Crippen LogP contribution is -2.24. The molecule has 222 valence electrons. The highest BCUT2D eigenvalue weighted by Gasteiger charge is 2.21. The van der Waals surface area contributed by atoms with Crippen LogP contribution in [-0.4, -0.2) is 0 Å². The zero-order chi connectivity index (χ0) is 31.0. The number of anilines is 3. The van der Waals surface area contributed by atoms with Crippen molar-refractivity contribution in [2.24, 2.45) is 0 Å². The van der Waals surface area contributed by atoms with Gasteiger partial charge < -0.3 is 15.0 Å². The lowest BCUT2D eigenvalue weighted by Gasteiger charge is -2.33. The summed E-state index contributed by atoms with van der Waals surface area (Å²) in [5, 5.41) is 3.54. The number of benzene rings is 6. The highest BCUT2D eigenvalue weighted by molar-refractivity contribution is 5.79. The zero-order valence-electron chi connectivity index (χ0n) is 25.9. The van der Waals surface area contributed by atoms with Crippen molar-refractivity contribution < 1.29 is 4.74 Å². The molecule has 0 aliphatic rings.